The number of nitrogens with one attached hydrogen (secondary N) is 1. The van der Waals surface area contributed by atoms with Gasteiger partial charge in [0, 0.05) is 18.0 Å². The highest BCUT2D eigenvalue weighted by atomic mass is 32.2. The molecule has 2 aromatic heterocycles. The van der Waals surface area contributed by atoms with Gasteiger partial charge >= 0.3 is 6.09 Å². The third kappa shape index (κ3) is 5.17. The SMILES string of the molecule is CCOC(=O)NC(=O)CSc1nnc(-c2ccncc2)n1Cc1ccccc1. The Bertz CT molecular complexity index is 931. The first kappa shape index (κ1) is 19.6. The van der Waals surface area contributed by atoms with Crippen LogP contribution in [0.25, 0.3) is 11.4 Å². The number of carbonyl (C=O) groups excluding carboxylic acids is 2. The van der Waals surface area contributed by atoms with Crippen LogP contribution in [0.3, 0.4) is 0 Å². The fraction of sp³-hybridized carbons (Fsp3) is 0.211. The molecule has 2 heterocycles. The second-order valence-electron chi connectivity index (χ2n) is 5.67. The van der Waals surface area contributed by atoms with Crippen LogP contribution in [-0.2, 0) is 16.1 Å². The highest BCUT2D eigenvalue weighted by Gasteiger charge is 2.17. The summed E-state index contributed by atoms with van der Waals surface area (Å²) in [5.74, 6) is 0.241. The molecule has 0 radical (unpaired) electrons. The normalized spacial score (nSPS) is 10.5. The monoisotopic (exact) mass is 397 g/mol. The lowest BCUT2D eigenvalue weighted by Gasteiger charge is -2.10. The molecule has 0 saturated carbocycles. The summed E-state index contributed by atoms with van der Waals surface area (Å²) in [6.45, 7) is 2.42. The number of aromatic nitrogens is 4. The van der Waals surface area contributed by atoms with Crippen LogP contribution in [0.15, 0.2) is 60.0 Å². The van der Waals surface area contributed by atoms with Gasteiger partial charge < -0.3 is 4.74 Å². The lowest BCUT2D eigenvalue weighted by Crippen LogP contribution is -2.32. The Morgan fingerprint density at radius 1 is 1.11 bits per heavy atom. The van der Waals surface area contributed by atoms with Crippen LogP contribution in [0.4, 0.5) is 4.79 Å². The second-order valence-corrected chi connectivity index (χ2v) is 6.61. The molecule has 0 aliphatic carbocycles. The predicted molar refractivity (Wildman–Crippen MR) is 105 cm³/mol. The molecular formula is C19H19N5O3S. The molecule has 8 nitrogen and oxygen atoms in total. The number of hydrogen-bond acceptors (Lipinski definition) is 7. The quantitative estimate of drug-likeness (QED) is 0.612. The predicted octanol–water partition coefficient (Wildman–Crippen LogP) is 2.75. The van der Waals surface area contributed by atoms with Gasteiger partial charge in [0.05, 0.1) is 18.9 Å². The maximum absolute atomic E-state index is 11.9. The number of benzene rings is 1. The van der Waals surface area contributed by atoms with E-state index in [9.17, 15) is 9.59 Å². The molecular weight excluding hydrogens is 378 g/mol. The maximum atomic E-state index is 11.9. The zero-order chi connectivity index (χ0) is 19.8. The minimum absolute atomic E-state index is 0.0160. The molecule has 0 atom stereocenters. The number of ether oxygens (including phenoxy) is 1. The van der Waals surface area contributed by atoms with E-state index in [1.807, 2.05) is 47.0 Å². The molecule has 0 saturated heterocycles. The average molecular weight is 397 g/mol. The number of nitrogens with zero attached hydrogens (tertiary/aromatic N) is 4. The molecule has 3 aromatic rings. The van der Waals surface area contributed by atoms with Crippen molar-refractivity contribution in [3.05, 3.63) is 60.4 Å². The van der Waals surface area contributed by atoms with Crippen LogP contribution in [0, 0.1) is 0 Å². The Morgan fingerprint density at radius 3 is 2.57 bits per heavy atom. The van der Waals surface area contributed by atoms with E-state index in [0.717, 1.165) is 11.1 Å². The summed E-state index contributed by atoms with van der Waals surface area (Å²) >= 11 is 1.20. The van der Waals surface area contributed by atoms with Gasteiger partial charge in [0.15, 0.2) is 11.0 Å². The molecule has 0 aliphatic rings. The van der Waals surface area contributed by atoms with Crippen molar-refractivity contribution in [1.29, 1.82) is 0 Å². The summed E-state index contributed by atoms with van der Waals surface area (Å²) in [5.41, 5.74) is 1.96. The topological polar surface area (TPSA) is 99.0 Å². The molecule has 0 spiro atoms. The fourth-order valence-electron chi connectivity index (χ4n) is 2.47. The van der Waals surface area contributed by atoms with E-state index < -0.39 is 12.0 Å². The Labute approximate surface area is 166 Å². The van der Waals surface area contributed by atoms with E-state index in [0.29, 0.717) is 17.5 Å². The third-order valence-corrected chi connectivity index (χ3v) is 4.65. The average Bonchev–Trinajstić information content (AvgIpc) is 3.10. The van der Waals surface area contributed by atoms with Crippen LogP contribution < -0.4 is 5.32 Å². The summed E-state index contributed by atoms with van der Waals surface area (Å²) in [6.07, 6.45) is 2.63. The first-order valence-corrected chi connectivity index (χ1v) is 9.63. The third-order valence-electron chi connectivity index (χ3n) is 3.69. The van der Waals surface area contributed by atoms with Crippen LogP contribution >= 0.6 is 11.8 Å². The minimum atomic E-state index is -0.753. The van der Waals surface area contributed by atoms with E-state index >= 15 is 0 Å². The molecule has 2 amide bonds. The number of amides is 2. The fourth-order valence-corrected chi connectivity index (χ4v) is 3.20. The molecule has 28 heavy (non-hydrogen) atoms. The second kappa shape index (κ2) is 9.65. The van der Waals surface area contributed by atoms with Gasteiger partial charge in [-0.05, 0) is 24.6 Å². The van der Waals surface area contributed by atoms with Gasteiger partial charge in [-0.3, -0.25) is 19.7 Å². The van der Waals surface area contributed by atoms with Crippen molar-refractivity contribution in [3.63, 3.8) is 0 Å². The molecule has 0 bridgehead atoms. The van der Waals surface area contributed by atoms with Gasteiger partial charge in [0.2, 0.25) is 5.91 Å². The Morgan fingerprint density at radius 2 is 1.86 bits per heavy atom. The van der Waals surface area contributed by atoms with Gasteiger partial charge in [0.1, 0.15) is 0 Å². The summed E-state index contributed by atoms with van der Waals surface area (Å²) in [5, 5.41) is 11.3. The lowest BCUT2D eigenvalue weighted by molar-refractivity contribution is -0.117. The molecule has 3 rings (SSSR count). The minimum Gasteiger partial charge on any atom is -0.450 e. The van der Waals surface area contributed by atoms with Crippen molar-refractivity contribution < 1.29 is 14.3 Å². The summed E-state index contributed by atoms with van der Waals surface area (Å²) in [7, 11) is 0. The number of carbonyl (C=O) groups is 2. The highest BCUT2D eigenvalue weighted by Crippen LogP contribution is 2.24. The van der Waals surface area contributed by atoms with Crippen molar-refractivity contribution in [1.82, 2.24) is 25.1 Å². The van der Waals surface area contributed by atoms with Gasteiger partial charge in [-0.15, -0.1) is 10.2 Å². The van der Waals surface area contributed by atoms with E-state index in [-0.39, 0.29) is 12.4 Å². The number of thioether (sulfide) groups is 1. The van der Waals surface area contributed by atoms with E-state index in [1.54, 1.807) is 19.3 Å². The molecule has 0 fully saturated rings. The first-order valence-electron chi connectivity index (χ1n) is 8.64. The summed E-state index contributed by atoms with van der Waals surface area (Å²) in [4.78, 5) is 27.3. The van der Waals surface area contributed by atoms with Gasteiger partial charge in [0.25, 0.3) is 0 Å². The molecule has 144 valence electrons. The first-order chi connectivity index (χ1) is 13.7. The number of imide groups is 1. The van der Waals surface area contributed by atoms with Crippen molar-refractivity contribution in [3.8, 4) is 11.4 Å². The van der Waals surface area contributed by atoms with Gasteiger partial charge in [-0.2, -0.15) is 0 Å². The molecule has 0 aliphatic heterocycles. The van der Waals surface area contributed by atoms with Crippen molar-refractivity contribution in [2.24, 2.45) is 0 Å². The van der Waals surface area contributed by atoms with E-state index in [2.05, 4.69) is 20.5 Å². The Hall–Kier alpha value is -3.20. The Balaban J connectivity index is 1.79. The number of pyridine rings is 1. The van der Waals surface area contributed by atoms with Gasteiger partial charge in [-0.25, -0.2) is 4.79 Å². The van der Waals surface area contributed by atoms with E-state index in [1.165, 1.54) is 11.8 Å². The zero-order valence-corrected chi connectivity index (χ0v) is 16.1. The van der Waals surface area contributed by atoms with Crippen LogP contribution in [-0.4, -0.2) is 44.1 Å². The Kier molecular flexibility index (Phi) is 6.74. The lowest BCUT2D eigenvalue weighted by atomic mass is 10.2. The molecule has 9 heteroatoms. The largest absolute Gasteiger partial charge is 0.450 e. The number of rotatable bonds is 7. The zero-order valence-electron chi connectivity index (χ0n) is 15.2. The summed E-state index contributed by atoms with van der Waals surface area (Å²) in [6, 6.07) is 13.6. The van der Waals surface area contributed by atoms with E-state index in [4.69, 9.17) is 4.74 Å². The van der Waals surface area contributed by atoms with Crippen molar-refractivity contribution >= 4 is 23.8 Å². The molecule has 1 aromatic carbocycles. The van der Waals surface area contributed by atoms with Crippen LogP contribution in [0.5, 0.6) is 0 Å². The highest BCUT2D eigenvalue weighted by molar-refractivity contribution is 7.99. The molecule has 1 N–H and O–H groups in total. The summed E-state index contributed by atoms with van der Waals surface area (Å²) < 4.78 is 6.65. The smallest absolute Gasteiger partial charge is 0.413 e. The van der Waals surface area contributed by atoms with Crippen molar-refractivity contribution in [2.45, 2.75) is 18.6 Å². The van der Waals surface area contributed by atoms with Gasteiger partial charge in [-0.1, -0.05) is 42.1 Å². The van der Waals surface area contributed by atoms with Crippen LogP contribution in [0.2, 0.25) is 0 Å². The molecule has 0 unspecified atom stereocenters. The van der Waals surface area contributed by atoms with Crippen molar-refractivity contribution in [2.75, 3.05) is 12.4 Å². The maximum Gasteiger partial charge on any atom is 0.413 e. The standard InChI is InChI=1S/C19H19N5O3S/c1-2-27-19(26)21-16(25)13-28-18-23-22-17(15-8-10-20-11-9-15)24(18)12-14-6-4-3-5-7-14/h3-11H,2,12-13H2,1H3,(H,21,25,26). The number of alkyl carbamates (subject to hydrolysis) is 1. The van der Waals surface area contributed by atoms with Crippen LogP contribution in [0.1, 0.15) is 12.5 Å². The number of hydrogen-bond donors (Lipinski definition) is 1.